The number of phosphoric acid groups is 1. The zero-order valence-electron chi connectivity index (χ0n) is 4.96. The van der Waals surface area contributed by atoms with E-state index in [0.717, 1.165) is 0 Å². The normalized spacial score (nSPS) is 8.88. The minimum absolute atomic E-state index is 0. The minimum atomic E-state index is -4.59. The van der Waals surface area contributed by atoms with Crippen molar-refractivity contribution in [2.45, 2.75) is 0 Å². The second kappa shape index (κ2) is 6.31. The second-order valence-corrected chi connectivity index (χ2v) is 1.72. The Morgan fingerprint density at radius 2 is 1.62 bits per heavy atom. The molecule has 0 heterocycles. The first-order valence-corrected chi connectivity index (χ1v) is 2.48. The van der Waals surface area contributed by atoms with E-state index in [9.17, 15) is 4.57 Å². The first-order valence-electron chi connectivity index (χ1n) is 0.948. The molecule has 0 aliphatic carbocycles. The molecule has 5 nitrogen and oxygen atoms in total. The Balaban J connectivity index is -0.0000000417. The molecule has 0 spiro atoms. The summed E-state index contributed by atoms with van der Waals surface area (Å²) in [7, 11) is -4.59. The van der Waals surface area contributed by atoms with Gasteiger partial charge in [0.05, 0.1) is 0 Å². The predicted molar refractivity (Wildman–Crippen MR) is 16.9 cm³/mol. The summed E-state index contributed by atoms with van der Waals surface area (Å²) in [6.07, 6.45) is 0. The van der Waals surface area contributed by atoms with Crippen LogP contribution in [-0.4, -0.2) is 15.0 Å². The van der Waals surface area contributed by atoms with Crippen LogP contribution in [0, 0.1) is 0 Å². The SMILES string of the molecule is O=P(O)(O)OO.[Fe].[H-].[Li+]. The summed E-state index contributed by atoms with van der Waals surface area (Å²) < 4.78 is 11.8. The molecule has 0 aliphatic rings. The van der Waals surface area contributed by atoms with Crippen LogP contribution in [0.3, 0.4) is 0 Å². The molecule has 0 aliphatic heterocycles. The molecule has 0 aromatic carbocycles. The number of hydrogen-bond donors (Lipinski definition) is 3. The van der Waals surface area contributed by atoms with Gasteiger partial charge in [-0.05, 0) is 0 Å². The van der Waals surface area contributed by atoms with Crippen molar-refractivity contribution in [1.82, 2.24) is 0 Å². The Hall–Kier alpha value is 1.19. The van der Waals surface area contributed by atoms with Crippen molar-refractivity contribution in [1.29, 1.82) is 0 Å². The Morgan fingerprint density at radius 1 is 1.50 bits per heavy atom. The van der Waals surface area contributed by atoms with Gasteiger partial charge in [0.15, 0.2) is 0 Å². The molecule has 0 rings (SSSR count). The van der Waals surface area contributed by atoms with E-state index in [0.29, 0.717) is 0 Å². The van der Waals surface area contributed by atoms with Crippen LogP contribution in [0.25, 0.3) is 0 Å². The van der Waals surface area contributed by atoms with Crippen molar-refractivity contribution < 1.29 is 61.6 Å². The summed E-state index contributed by atoms with van der Waals surface area (Å²) in [4.78, 5) is 14.9. The van der Waals surface area contributed by atoms with Gasteiger partial charge >= 0.3 is 26.7 Å². The van der Waals surface area contributed by atoms with E-state index in [2.05, 4.69) is 4.67 Å². The zero-order chi connectivity index (χ0) is 5.21. The van der Waals surface area contributed by atoms with Crippen LogP contribution in [0.1, 0.15) is 1.43 Å². The molecular weight excluding hydrogens is 174 g/mol. The van der Waals surface area contributed by atoms with E-state index in [1.165, 1.54) is 0 Å². The third-order valence-corrected chi connectivity index (χ3v) is 0.319. The first kappa shape index (κ1) is 16.1. The molecule has 0 amide bonds. The average molecular weight is 178 g/mol. The van der Waals surface area contributed by atoms with Gasteiger partial charge in [0.25, 0.3) is 0 Å². The van der Waals surface area contributed by atoms with Crippen molar-refractivity contribution >= 4 is 7.82 Å². The average Bonchev–Trinajstić information content (AvgIpc) is 1.35. The van der Waals surface area contributed by atoms with Crippen LogP contribution in [0.5, 0.6) is 0 Å². The maximum absolute atomic E-state index is 9.22. The summed E-state index contributed by atoms with van der Waals surface area (Å²) in [5.74, 6) is 0. The maximum atomic E-state index is 9.22. The standard InChI is InChI=1S/Fe.Li.H3O5P.H/c;;1-5-6(2,3)4;/h;;1H,(H2,2,3,4);/q;+1;;-1. The molecule has 0 aromatic heterocycles. The monoisotopic (exact) mass is 178 g/mol. The second-order valence-electron chi connectivity index (χ2n) is 0.572. The van der Waals surface area contributed by atoms with E-state index in [1.807, 2.05) is 0 Å². The van der Waals surface area contributed by atoms with Crippen LogP contribution in [0.4, 0.5) is 0 Å². The molecule has 0 saturated carbocycles. The van der Waals surface area contributed by atoms with Crippen molar-refractivity contribution in [3.63, 3.8) is 0 Å². The molecule has 0 bridgehead atoms. The smallest absolute Gasteiger partial charge is 1.00 e. The zero-order valence-corrected chi connectivity index (χ0v) is 5.96. The van der Waals surface area contributed by atoms with E-state index in [1.54, 1.807) is 0 Å². The molecule has 0 atom stereocenters. The summed E-state index contributed by atoms with van der Waals surface area (Å²) in [5, 5.41) is 7.14. The Labute approximate surface area is 69.7 Å². The molecule has 0 unspecified atom stereocenters. The van der Waals surface area contributed by atoms with Gasteiger partial charge in [-0.15, -0.1) is 4.67 Å². The van der Waals surface area contributed by atoms with Crippen molar-refractivity contribution in [2.24, 2.45) is 0 Å². The van der Waals surface area contributed by atoms with Gasteiger partial charge in [0.1, 0.15) is 0 Å². The van der Waals surface area contributed by atoms with Crippen LogP contribution in [0.15, 0.2) is 0 Å². The molecule has 8 heavy (non-hydrogen) atoms. The van der Waals surface area contributed by atoms with Crippen molar-refractivity contribution in [2.75, 3.05) is 0 Å². The van der Waals surface area contributed by atoms with Gasteiger partial charge in [-0.1, -0.05) is 0 Å². The van der Waals surface area contributed by atoms with Crippen molar-refractivity contribution in [3.05, 3.63) is 0 Å². The van der Waals surface area contributed by atoms with E-state index in [-0.39, 0.29) is 37.4 Å². The third kappa shape index (κ3) is 15.7. The van der Waals surface area contributed by atoms with Crippen molar-refractivity contribution in [3.8, 4) is 0 Å². The van der Waals surface area contributed by atoms with Crippen LogP contribution < -0.4 is 18.9 Å². The van der Waals surface area contributed by atoms with E-state index in [4.69, 9.17) is 15.0 Å². The molecular formula is H4FeLiO5P. The first-order chi connectivity index (χ1) is 2.56. The predicted octanol–water partition coefficient (Wildman–Crippen LogP) is -3.32. The number of hydrogen-bond acceptors (Lipinski definition) is 3. The van der Waals surface area contributed by atoms with Gasteiger partial charge in [0, 0.05) is 17.1 Å². The topological polar surface area (TPSA) is 87.0 Å². The summed E-state index contributed by atoms with van der Waals surface area (Å²) in [6.45, 7) is 0. The summed E-state index contributed by atoms with van der Waals surface area (Å²) >= 11 is 0. The Bertz CT molecular complexity index is 81.0. The Morgan fingerprint density at radius 3 is 1.62 bits per heavy atom. The van der Waals surface area contributed by atoms with Crippen LogP contribution in [0.2, 0.25) is 0 Å². The minimum Gasteiger partial charge on any atom is -1.00 e. The van der Waals surface area contributed by atoms with Gasteiger partial charge in [-0.25, -0.2) is 9.82 Å². The van der Waals surface area contributed by atoms with Gasteiger partial charge in [-0.2, -0.15) is 0 Å². The molecule has 0 radical (unpaired) electrons. The maximum Gasteiger partial charge on any atom is 1.00 e. The number of rotatable bonds is 1. The Kier molecular flexibility index (Phi) is 12.7. The largest absolute Gasteiger partial charge is 1.00 e. The van der Waals surface area contributed by atoms with Gasteiger partial charge < -0.3 is 11.2 Å². The molecule has 3 N–H and O–H groups in total. The van der Waals surface area contributed by atoms with E-state index < -0.39 is 7.82 Å². The fourth-order valence-corrected chi connectivity index (χ4v) is 0. The molecule has 0 fully saturated rings. The van der Waals surface area contributed by atoms with Gasteiger partial charge in [0.2, 0.25) is 0 Å². The van der Waals surface area contributed by atoms with Gasteiger partial charge in [-0.3, -0.25) is 0 Å². The summed E-state index contributed by atoms with van der Waals surface area (Å²) in [6, 6.07) is 0. The third-order valence-electron chi connectivity index (χ3n) is 0.106. The molecule has 8 heteroatoms. The van der Waals surface area contributed by atoms with Crippen LogP contribution >= 0.6 is 7.82 Å². The molecule has 0 saturated heterocycles. The van der Waals surface area contributed by atoms with E-state index >= 15 is 0 Å². The quantitative estimate of drug-likeness (QED) is 0.169. The summed E-state index contributed by atoms with van der Waals surface area (Å²) in [5.41, 5.74) is 0. The molecule has 48 valence electrons. The molecule has 0 aromatic rings. The fraction of sp³-hybridized carbons (Fsp3) is 0. The fourth-order valence-electron chi connectivity index (χ4n) is 0. The van der Waals surface area contributed by atoms with Crippen LogP contribution in [-0.2, 0) is 26.3 Å².